The summed E-state index contributed by atoms with van der Waals surface area (Å²) in [7, 11) is 0. The molecule has 0 aromatic rings. The molecule has 0 aliphatic rings. The van der Waals surface area contributed by atoms with Gasteiger partial charge in [0.1, 0.15) is 6.04 Å². The fourth-order valence-electron chi connectivity index (χ4n) is 1.08. The molecular weight excluding hydrogens is 269 g/mol. The number of carboxylic acid groups (broad SMARTS) is 1. The molecule has 0 unspecified atom stereocenters. The van der Waals surface area contributed by atoms with E-state index in [1.54, 1.807) is 0 Å². The van der Waals surface area contributed by atoms with Crippen molar-refractivity contribution in [1.29, 1.82) is 0 Å². The van der Waals surface area contributed by atoms with E-state index in [2.05, 4.69) is 5.32 Å². The summed E-state index contributed by atoms with van der Waals surface area (Å²) in [5.41, 5.74) is 10.6. The Morgan fingerprint density at radius 2 is 1.76 bits per heavy atom. The second-order valence-electron chi connectivity index (χ2n) is 3.87. The minimum absolute atomic E-state index is 0. The molecule has 0 aliphatic carbocycles. The van der Waals surface area contributed by atoms with Crippen LogP contribution in [0.4, 0.5) is 0 Å². The van der Waals surface area contributed by atoms with Crippen LogP contribution in [0.1, 0.15) is 20.3 Å². The first-order valence-electron chi connectivity index (χ1n) is 4.87. The molecule has 0 aliphatic heterocycles. The second kappa shape index (κ2) is 10.6. The van der Waals surface area contributed by atoms with Gasteiger partial charge in [-0.3, -0.25) is 4.79 Å². The summed E-state index contributed by atoms with van der Waals surface area (Å²) < 4.78 is 0. The molecule has 0 saturated carbocycles. The summed E-state index contributed by atoms with van der Waals surface area (Å²) in [6, 6.07) is -1.74. The average Bonchev–Trinajstić information content (AvgIpc) is 2.14. The first-order valence-corrected chi connectivity index (χ1v) is 4.87. The molecule has 2 atom stereocenters. The van der Waals surface area contributed by atoms with Crippen molar-refractivity contribution in [3.05, 3.63) is 0 Å². The maximum Gasteiger partial charge on any atom is 0.326 e. The lowest BCUT2D eigenvalue weighted by Gasteiger charge is -2.18. The number of nitrogens with two attached hydrogens (primary N) is 2. The predicted molar refractivity (Wildman–Crippen MR) is 70.5 cm³/mol. The fraction of sp³-hybridized carbons (Fsp3) is 0.778. The van der Waals surface area contributed by atoms with Gasteiger partial charge in [0.2, 0.25) is 5.91 Å². The molecule has 0 aromatic carbocycles. The summed E-state index contributed by atoms with van der Waals surface area (Å²) >= 11 is 0. The van der Waals surface area contributed by atoms with E-state index in [9.17, 15) is 9.59 Å². The number of aliphatic carboxylic acids is 1. The molecule has 0 heterocycles. The second-order valence-corrected chi connectivity index (χ2v) is 3.87. The standard InChI is InChI=1S/C9H19N3O3.2ClH/c1-5(2)3-7(9(14)15)12-8(13)6(11)4-10;;/h5-7H,3-4,10-11H2,1-2H3,(H,12,13)(H,14,15);2*1H/t6-,7-;;/m1../s1. The number of carbonyl (C=O) groups excluding carboxylic acids is 1. The Bertz CT molecular complexity index is 240. The average molecular weight is 290 g/mol. The van der Waals surface area contributed by atoms with Crippen LogP contribution in [0.25, 0.3) is 0 Å². The van der Waals surface area contributed by atoms with Gasteiger partial charge in [0.25, 0.3) is 0 Å². The van der Waals surface area contributed by atoms with Gasteiger partial charge in [-0.2, -0.15) is 0 Å². The van der Waals surface area contributed by atoms with E-state index < -0.39 is 24.0 Å². The first kappa shape index (κ1) is 21.7. The topological polar surface area (TPSA) is 118 Å². The van der Waals surface area contributed by atoms with Crippen molar-refractivity contribution >= 4 is 36.7 Å². The minimum atomic E-state index is -1.05. The molecule has 6 N–H and O–H groups in total. The summed E-state index contributed by atoms with van der Waals surface area (Å²) in [5.74, 6) is -1.40. The zero-order chi connectivity index (χ0) is 12.0. The molecule has 0 bridgehead atoms. The van der Waals surface area contributed by atoms with Gasteiger partial charge >= 0.3 is 5.97 Å². The van der Waals surface area contributed by atoms with Crippen molar-refractivity contribution in [2.24, 2.45) is 17.4 Å². The summed E-state index contributed by atoms with van der Waals surface area (Å²) in [6.07, 6.45) is 0.373. The van der Waals surface area contributed by atoms with E-state index in [-0.39, 0.29) is 37.3 Å². The molecule has 0 aromatic heterocycles. The smallest absolute Gasteiger partial charge is 0.326 e. The molecule has 0 saturated heterocycles. The number of carboxylic acids is 1. The van der Waals surface area contributed by atoms with Gasteiger partial charge in [-0.05, 0) is 12.3 Å². The maximum atomic E-state index is 11.3. The normalized spacial score (nSPS) is 13.0. The van der Waals surface area contributed by atoms with Crippen molar-refractivity contribution in [2.45, 2.75) is 32.4 Å². The highest BCUT2D eigenvalue weighted by Gasteiger charge is 2.23. The van der Waals surface area contributed by atoms with Crippen LogP contribution >= 0.6 is 24.8 Å². The Labute approximate surface area is 113 Å². The lowest BCUT2D eigenvalue weighted by molar-refractivity contribution is -0.142. The number of carbonyl (C=O) groups is 2. The van der Waals surface area contributed by atoms with E-state index >= 15 is 0 Å². The third kappa shape index (κ3) is 9.17. The van der Waals surface area contributed by atoms with Crippen molar-refractivity contribution in [3.63, 3.8) is 0 Å². The maximum absolute atomic E-state index is 11.3. The third-order valence-corrected chi connectivity index (χ3v) is 1.91. The molecule has 0 fully saturated rings. The van der Waals surface area contributed by atoms with E-state index in [0.717, 1.165) is 0 Å². The number of halogens is 2. The van der Waals surface area contributed by atoms with Crippen LogP contribution < -0.4 is 16.8 Å². The number of hydrogen-bond donors (Lipinski definition) is 4. The quantitative estimate of drug-likeness (QED) is 0.537. The van der Waals surface area contributed by atoms with E-state index in [0.29, 0.717) is 6.42 Å². The number of rotatable bonds is 6. The van der Waals surface area contributed by atoms with Gasteiger partial charge < -0.3 is 21.9 Å². The Hall–Kier alpha value is -0.560. The monoisotopic (exact) mass is 289 g/mol. The molecule has 17 heavy (non-hydrogen) atoms. The molecule has 1 amide bonds. The van der Waals surface area contributed by atoms with Gasteiger partial charge in [-0.25, -0.2) is 4.79 Å². The van der Waals surface area contributed by atoms with Crippen molar-refractivity contribution in [3.8, 4) is 0 Å². The van der Waals surface area contributed by atoms with Crippen LogP contribution in [-0.4, -0.2) is 35.6 Å². The molecule has 8 heteroatoms. The van der Waals surface area contributed by atoms with Gasteiger partial charge in [-0.1, -0.05) is 13.8 Å². The van der Waals surface area contributed by atoms with Crippen LogP contribution in [0, 0.1) is 5.92 Å². The van der Waals surface area contributed by atoms with Crippen LogP contribution in [0.3, 0.4) is 0 Å². The molecule has 6 nitrogen and oxygen atoms in total. The summed E-state index contributed by atoms with van der Waals surface area (Å²) in [6.45, 7) is 3.76. The highest BCUT2D eigenvalue weighted by molar-refractivity contribution is 5.87. The van der Waals surface area contributed by atoms with Gasteiger partial charge in [-0.15, -0.1) is 24.8 Å². The highest BCUT2D eigenvalue weighted by Crippen LogP contribution is 2.04. The summed E-state index contributed by atoms with van der Waals surface area (Å²) in [4.78, 5) is 22.1. The molecule has 0 radical (unpaired) electrons. The van der Waals surface area contributed by atoms with Gasteiger partial charge in [0.05, 0.1) is 6.04 Å². The van der Waals surface area contributed by atoms with E-state index in [1.165, 1.54) is 0 Å². The fourth-order valence-corrected chi connectivity index (χ4v) is 1.08. The first-order chi connectivity index (χ1) is 6.88. The molecule has 0 rings (SSSR count). The number of amides is 1. The van der Waals surface area contributed by atoms with E-state index in [4.69, 9.17) is 16.6 Å². The van der Waals surface area contributed by atoms with Crippen molar-refractivity contribution in [2.75, 3.05) is 6.54 Å². The zero-order valence-electron chi connectivity index (χ0n) is 9.88. The van der Waals surface area contributed by atoms with E-state index in [1.807, 2.05) is 13.8 Å². The minimum Gasteiger partial charge on any atom is -0.480 e. The van der Waals surface area contributed by atoms with Crippen LogP contribution in [0.5, 0.6) is 0 Å². The molecule has 0 spiro atoms. The Balaban J connectivity index is -0.000000980. The summed E-state index contributed by atoms with van der Waals surface area (Å²) in [5, 5.41) is 11.2. The Kier molecular flexibility index (Phi) is 13.5. The number of nitrogens with one attached hydrogen (secondary N) is 1. The number of hydrogen-bond acceptors (Lipinski definition) is 4. The Morgan fingerprint density at radius 1 is 1.29 bits per heavy atom. The van der Waals surface area contributed by atoms with Gasteiger partial charge in [0.15, 0.2) is 0 Å². The van der Waals surface area contributed by atoms with Crippen molar-refractivity contribution < 1.29 is 14.7 Å². The van der Waals surface area contributed by atoms with Crippen molar-refractivity contribution in [1.82, 2.24) is 5.32 Å². The van der Waals surface area contributed by atoms with Crippen LogP contribution in [0.2, 0.25) is 0 Å². The largest absolute Gasteiger partial charge is 0.480 e. The molecule has 104 valence electrons. The SMILES string of the molecule is CC(C)C[C@@H](NC(=O)[C@H](N)CN)C(=O)O.Cl.Cl. The van der Waals surface area contributed by atoms with Gasteiger partial charge in [0, 0.05) is 6.54 Å². The molecular formula is C9H21Cl2N3O3. The third-order valence-electron chi connectivity index (χ3n) is 1.91. The highest BCUT2D eigenvalue weighted by atomic mass is 35.5. The van der Waals surface area contributed by atoms with Crippen LogP contribution in [0.15, 0.2) is 0 Å². The predicted octanol–water partition coefficient (Wildman–Crippen LogP) is -0.268. The zero-order valence-corrected chi connectivity index (χ0v) is 11.5. The lowest BCUT2D eigenvalue weighted by atomic mass is 10.0. The Morgan fingerprint density at radius 3 is 2.06 bits per heavy atom. The lowest BCUT2D eigenvalue weighted by Crippen LogP contribution is -2.51. The van der Waals surface area contributed by atoms with Crippen LogP contribution in [-0.2, 0) is 9.59 Å².